The van der Waals surface area contributed by atoms with Crippen molar-refractivity contribution in [1.82, 2.24) is 0 Å². The lowest BCUT2D eigenvalue weighted by Gasteiger charge is -2.19. The second-order valence-corrected chi connectivity index (χ2v) is 4.22. The molecule has 0 aliphatic carbocycles. The first-order valence-electron chi connectivity index (χ1n) is 6.37. The molecule has 0 saturated heterocycles. The second-order valence-electron chi connectivity index (χ2n) is 3.82. The van der Waals surface area contributed by atoms with E-state index in [1.165, 1.54) is 12.8 Å². The number of hydrogen-bond donors (Lipinski definition) is 0. The number of unbranched alkanes of at least 4 members (excludes halogenated alkanes) is 1. The lowest BCUT2D eigenvalue weighted by molar-refractivity contribution is 0.603. The molecular weight excluding hydrogens is 228 g/mol. The molecule has 0 aromatic rings. The lowest BCUT2D eigenvalue weighted by Crippen LogP contribution is -2.05. The predicted molar refractivity (Wildman–Crippen MR) is 82.5 cm³/mol. The van der Waals surface area contributed by atoms with Crippen LogP contribution in [0.5, 0.6) is 0 Å². The first-order valence-corrected chi connectivity index (χ1v) is 6.75. The molecule has 1 atom stereocenters. The number of halogens is 1. The smallest absolute Gasteiger partial charge is 0.0437 e. The zero-order valence-electron chi connectivity index (χ0n) is 11.9. The van der Waals surface area contributed by atoms with Crippen LogP contribution in [0.1, 0.15) is 47.0 Å². The summed E-state index contributed by atoms with van der Waals surface area (Å²) in [5.74, 6) is 0.300. The Balaban J connectivity index is 0. The molecule has 0 rings (SSSR count). The van der Waals surface area contributed by atoms with Crippen LogP contribution in [0, 0.1) is 5.92 Å². The zero-order chi connectivity index (χ0) is 13.8. The van der Waals surface area contributed by atoms with Crippen molar-refractivity contribution < 1.29 is 0 Å². The first-order chi connectivity index (χ1) is 8.04. The molecule has 1 unspecified atom stereocenters. The van der Waals surface area contributed by atoms with Gasteiger partial charge in [-0.2, -0.15) is 0 Å². The fraction of sp³-hybridized carbons (Fsp3) is 0.500. The molecule has 0 spiro atoms. The van der Waals surface area contributed by atoms with Crippen molar-refractivity contribution in [3.05, 3.63) is 48.1 Å². The average molecular weight is 255 g/mol. The van der Waals surface area contributed by atoms with E-state index in [9.17, 15) is 0 Å². The third-order valence-electron chi connectivity index (χ3n) is 2.43. The van der Waals surface area contributed by atoms with Gasteiger partial charge in [0, 0.05) is 11.0 Å². The highest BCUT2D eigenvalue weighted by atomic mass is 35.5. The number of allylic oxidation sites excluding steroid dienone is 5. The van der Waals surface area contributed by atoms with E-state index in [-0.39, 0.29) is 0 Å². The van der Waals surface area contributed by atoms with Crippen LogP contribution in [0.15, 0.2) is 48.1 Å². The Labute approximate surface area is 113 Å². The third-order valence-corrected chi connectivity index (χ3v) is 2.80. The van der Waals surface area contributed by atoms with Gasteiger partial charge in [-0.25, -0.2) is 0 Å². The van der Waals surface area contributed by atoms with Crippen molar-refractivity contribution >= 4 is 11.6 Å². The topological polar surface area (TPSA) is 0 Å². The maximum absolute atomic E-state index is 6.10. The monoisotopic (exact) mass is 254 g/mol. The van der Waals surface area contributed by atoms with Crippen LogP contribution in [0.2, 0.25) is 0 Å². The van der Waals surface area contributed by atoms with E-state index in [0.29, 0.717) is 11.0 Å². The Kier molecular flexibility index (Phi) is 12.8. The maximum atomic E-state index is 6.10. The summed E-state index contributed by atoms with van der Waals surface area (Å²) < 4.78 is 0. The Morgan fingerprint density at radius 3 is 2.18 bits per heavy atom. The molecule has 0 aromatic carbocycles. The van der Waals surface area contributed by atoms with E-state index < -0.39 is 0 Å². The Hall–Kier alpha value is -0.750. The predicted octanol–water partition coefficient (Wildman–Crippen LogP) is 6.26. The summed E-state index contributed by atoms with van der Waals surface area (Å²) in [7, 11) is 0. The van der Waals surface area contributed by atoms with Gasteiger partial charge in [0.2, 0.25) is 0 Å². The van der Waals surface area contributed by atoms with Crippen LogP contribution in [0.3, 0.4) is 0 Å². The third kappa shape index (κ3) is 8.04. The van der Waals surface area contributed by atoms with Crippen molar-refractivity contribution in [2.24, 2.45) is 5.92 Å². The van der Waals surface area contributed by atoms with Crippen LogP contribution < -0.4 is 0 Å². The molecule has 1 heteroatoms. The maximum Gasteiger partial charge on any atom is 0.0437 e. The molecule has 0 radical (unpaired) electrons. The van der Waals surface area contributed by atoms with Crippen LogP contribution >= 0.6 is 11.6 Å². The van der Waals surface area contributed by atoms with Crippen LogP contribution in [-0.2, 0) is 0 Å². The van der Waals surface area contributed by atoms with Gasteiger partial charge in [0.25, 0.3) is 0 Å². The van der Waals surface area contributed by atoms with E-state index in [2.05, 4.69) is 26.7 Å². The summed E-state index contributed by atoms with van der Waals surface area (Å²) in [5, 5.41) is 0.689. The Morgan fingerprint density at radius 1 is 1.29 bits per heavy atom. The van der Waals surface area contributed by atoms with Gasteiger partial charge in [-0.05, 0) is 25.0 Å². The quantitative estimate of drug-likeness (QED) is 0.372. The van der Waals surface area contributed by atoms with E-state index in [1.807, 2.05) is 20.8 Å². The Bertz CT molecular complexity index is 271. The van der Waals surface area contributed by atoms with Gasteiger partial charge >= 0.3 is 0 Å². The molecule has 0 bridgehead atoms. The second kappa shape index (κ2) is 11.7. The van der Waals surface area contributed by atoms with Crippen molar-refractivity contribution in [3.8, 4) is 0 Å². The molecule has 0 fully saturated rings. The summed E-state index contributed by atoms with van der Waals surface area (Å²) in [6.07, 6.45) is 6.90. The summed E-state index contributed by atoms with van der Waals surface area (Å²) >= 11 is 6.10. The largest absolute Gasteiger partial charge is 0.0995 e. The molecule has 0 N–H and O–H groups in total. The minimum Gasteiger partial charge on any atom is -0.0995 e. The van der Waals surface area contributed by atoms with Gasteiger partial charge in [-0.3, -0.25) is 0 Å². The fourth-order valence-corrected chi connectivity index (χ4v) is 1.72. The van der Waals surface area contributed by atoms with Gasteiger partial charge in [-0.1, -0.05) is 76.6 Å². The zero-order valence-corrected chi connectivity index (χ0v) is 12.6. The van der Waals surface area contributed by atoms with Crippen molar-refractivity contribution in [1.29, 1.82) is 0 Å². The molecule has 0 heterocycles. The molecule has 0 aliphatic heterocycles. The molecule has 17 heavy (non-hydrogen) atoms. The van der Waals surface area contributed by atoms with E-state index >= 15 is 0 Å². The SMILES string of the molecule is C=C/C=C(/Cl)C(=C)C(CCCC)C(=C)C.CC. The standard InChI is InChI=1S/C14H21Cl.C2H6/c1-6-8-10-13(11(3)4)12(5)14(15)9-7-2;1-2/h7,9,13H,2-3,5-6,8,10H2,1,4H3;1-2H3/b14-9+;. The number of rotatable bonds is 7. The lowest BCUT2D eigenvalue weighted by atomic mass is 9.88. The van der Waals surface area contributed by atoms with Crippen molar-refractivity contribution in [2.45, 2.75) is 47.0 Å². The molecule has 0 aromatic heterocycles. The highest BCUT2D eigenvalue weighted by Gasteiger charge is 2.14. The van der Waals surface area contributed by atoms with Crippen LogP contribution in [0.25, 0.3) is 0 Å². The van der Waals surface area contributed by atoms with Gasteiger partial charge in [0.05, 0.1) is 0 Å². The molecule has 0 saturated carbocycles. The van der Waals surface area contributed by atoms with Crippen LogP contribution in [0.4, 0.5) is 0 Å². The van der Waals surface area contributed by atoms with E-state index in [0.717, 1.165) is 17.6 Å². The van der Waals surface area contributed by atoms with Crippen molar-refractivity contribution in [2.75, 3.05) is 0 Å². The fourth-order valence-electron chi connectivity index (χ4n) is 1.50. The van der Waals surface area contributed by atoms with E-state index in [1.54, 1.807) is 12.2 Å². The molecule has 0 amide bonds. The van der Waals surface area contributed by atoms with Gasteiger partial charge in [0.1, 0.15) is 0 Å². The average Bonchev–Trinajstić information content (AvgIpc) is 2.31. The van der Waals surface area contributed by atoms with Gasteiger partial charge < -0.3 is 0 Å². The highest BCUT2D eigenvalue weighted by molar-refractivity contribution is 6.32. The molecule has 0 aliphatic rings. The molecule has 0 nitrogen and oxygen atoms in total. The summed E-state index contributed by atoms with van der Waals surface area (Å²) in [6.45, 7) is 19.9. The summed E-state index contributed by atoms with van der Waals surface area (Å²) in [4.78, 5) is 0. The van der Waals surface area contributed by atoms with Gasteiger partial charge in [-0.15, -0.1) is 0 Å². The highest BCUT2D eigenvalue weighted by Crippen LogP contribution is 2.30. The normalized spacial score (nSPS) is 12.2. The Morgan fingerprint density at radius 2 is 1.82 bits per heavy atom. The first kappa shape index (κ1) is 18.6. The minimum atomic E-state index is 0.300. The number of hydrogen-bond acceptors (Lipinski definition) is 0. The summed E-state index contributed by atoms with van der Waals surface area (Å²) in [6, 6.07) is 0. The molecular formula is C16H27Cl. The van der Waals surface area contributed by atoms with Crippen LogP contribution in [-0.4, -0.2) is 0 Å². The van der Waals surface area contributed by atoms with Gasteiger partial charge in [0.15, 0.2) is 0 Å². The van der Waals surface area contributed by atoms with E-state index in [4.69, 9.17) is 11.6 Å². The minimum absolute atomic E-state index is 0.300. The van der Waals surface area contributed by atoms with Crippen molar-refractivity contribution in [3.63, 3.8) is 0 Å². The summed E-state index contributed by atoms with van der Waals surface area (Å²) in [5.41, 5.74) is 2.08. The molecule has 98 valence electrons.